The van der Waals surface area contributed by atoms with Gasteiger partial charge in [0.2, 0.25) is 0 Å². The highest BCUT2D eigenvalue weighted by Gasteiger charge is 2.24. The van der Waals surface area contributed by atoms with Gasteiger partial charge in [0.05, 0.1) is 6.61 Å². The Kier molecular flexibility index (Phi) is 5.63. The summed E-state index contributed by atoms with van der Waals surface area (Å²) >= 11 is 1.82. The number of thiophene rings is 1. The van der Waals surface area contributed by atoms with Gasteiger partial charge in [0.1, 0.15) is 0 Å². The van der Waals surface area contributed by atoms with Crippen LogP contribution in [0.1, 0.15) is 37.1 Å². The number of hydrogen-bond donors (Lipinski definition) is 2. The molecule has 2 atom stereocenters. The highest BCUT2D eigenvalue weighted by atomic mass is 32.1. The largest absolute Gasteiger partial charge is 0.395 e. The van der Waals surface area contributed by atoms with Gasteiger partial charge in [0.15, 0.2) is 0 Å². The maximum Gasteiger partial charge on any atom is 0.0558 e. The van der Waals surface area contributed by atoms with Gasteiger partial charge in [-0.3, -0.25) is 4.90 Å². The van der Waals surface area contributed by atoms with Crippen molar-refractivity contribution < 1.29 is 5.11 Å². The van der Waals surface area contributed by atoms with E-state index in [0.29, 0.717) is 12.1 Å². The van der Waals surface area contributed by atoms with Crippen molar-refractivity contribution in [1.82, 2.24) is 10.2 Å². The lowest BCUT2D eigenvalue weighted by Crippen LogP contribution is -2.40. The van der Waals surface area contributed by atoms with Crippen molar-refractivity contribution in [2.75, 3.05) is 26.2 Å². The van der Waals surface area contributed by atoms with Crippen molar-refractivity contribution in [3.8, 4) is 0 Å². The van der Waals surface area contributed by atoms with Gasteiger partial charge in [-0.15, -0.1) is 11.3 Å². The third-order valence-corrected chi connectivity index (χ3v) is 4.68. The van der Waals surface area contributed by atoms with Crippen molar-refractivity contribution in [2.24, 2.45) is 0 Å². The second kappa shape index (κ2) is 7.24. The molecule has 0 bridgehead atoms. The Morgan fingerprint density at radius 2 is 2.50 bits per heavy atom. The molecule has 18 heavy (non-hydrogen) atoms. The van der Waals surface area contributed by atoms with E-state index in [9.17, 15) is 5.11 Å². The first-order chi connectivity index (χ1) is 8.85. The number of aliphatic hydroxyl groups is 1. The normalized spacial score (nSPS) is 21.6. The van der Waals surface area contributed by atoms with Gasteiger partial charge in [0, 0.05) is 30.1 Å². The van der Waals surface area contributed by atoms with Crippen LogP contribution in [0.5, 0.6) is 0 Å². The second-order valence-electron chi connectivity index (χ2n) is 4.95. The lowest BCUT2D eigenvalue weighted by atomic mass is 10.1. The van der Waals surface area contributed by atoms with E-state index in [1.807, 2.05) is 11.3 Å². The van der Waals surface area contributed by atoms with Gasteiger partial charge in [0.25, 0.3) is 0 Å². The van der Waals surface area contributed by atoms with Gasteiger partial charge in [-0.25, -0.2) is 0 Å². The fourth-order valence-electron chi connectivity index (χ4n) is 2.82. The molecular weight excluding hydrogens is 244 g/mol. The Balaban J connectivity index is 2.01. The van der Waals surface area contributed by atoms with Gasteiger partial charge in [-0.2, -0.15) is 0 Å². The van der Waals surface area contributed by atoms with Crippen LogP contribution in [0.3, 0.4) is 0 Å². The third kappa shape index (κ3) is 3.54. The first-order valence-corrected chi connectivity index (χ1v) is 7.84. The van der Waals surface area contributed by atoms with Gasteiger partial charge in [-0.1, -0.05) is 13.0 Å². The number of aliphatic hydroxyl groups excluding tert-OH is 1. The molecule has 2 N–H and O–H groups in total. The van der Waals surface area contributed by atoms with E-state index in [-0.39, 0.29) is 6.61 Å². The Labute approximate surface area is 114 Å². The summed E-state index contributed by atoms with van der Waals surface area (Å²) in [6.45, 7) is 5.45. The quantitative estimate of drug-likeness (QED) is 0.796. The lowest BCUT2D eigenvalue weighted by Gasteiger charge is -2.32. The molecule has 1 aliphatic heterocycles. The predicted molar refractivity (Wildman–Crippen MR) is 77.0 cm³/mol. The molecule has 1 aromatic rings. The van der Waals surface area contributed by atoms with Gasteiger partial charge < -0.3 is 10.4 Å². The average molecular weight is 268 g/mol. The molecular formula is C14H24N2OS. The zero-order valence-electron chi connectivity index (χ0n) is 11.1. The standard InChI is InChI=1S/C14H24N2OS/c1-2-13(14-6-4-10-18-14)16(8-9-17)11-12-5-3-7-15-12/h4,6,10,12-13,15,17H,2-3,5,7-9,11H2,1H3. The average Bonchev–Trinajstić information content (AvgIpc) is 3.03. The number of hydrogen-bond acceptors (Lipinski definition) is 4. The molecule has 1 fully saturated rings. The molecule has 102 valence electrons. The molecule has 2 unspecified atom stereocenters. The van der Waals surface area contributed by atoms with Crippen LogP contribution in [0.4, 0.5) is 0 Å². The van der Waals surface area contributed by atoms with Crippen LogP contribution < -0.4 is 5.32 Å². The highest BCUT2D eigenvalue weighted by Crippen LogP contribution is 2.28. The van der Waals surface area contributed by atoms with Crippen molar-refractivity contribution in [3.05, 3.63) is 22.4 Å². The van der Waals surface area contributed by atoms with Crippen LogP contribution in [-0.2, 0) is 0 Å². The maximum atomic E-state index is 9.29. The fraction of sp³-hybridized carbons (Fsp3) is 0.714. The third-order valence-electron chi connectivity index (χ3n) is 3.70. The van der Waals surface area contributed by atoms with Crippen LogP contribution in [0.15, 0.2) is 17.5 Å². The zero-order valence-corrected chi connectivity index (χ0v) is 12.0. The van der Waals surface area contributed by atoms with E-state index >= 15 is 0 Å². The van der Waals surface area contributed by atoms with Crippen LogP contribution in [0.2, 0.25) is 0 Å². The van der Waals surface area contributed by atoms with E-state index in [1.54, 1.807) is 0 Å². The molecule has 1 aromatic heterocycles. The SMILES string of the molecule is CCC(c1cccs1)N(CCO)CC1CCCN1. The highest BCUT2D eigenvalue weighted by molar-refractivity contribution is 7.10. The molecule has 1 aliphatic rings. The van der Waals surface area contributed by atoms with Crippen molar-refractivity contribution in [1.29, 1.82) is 0 Å². The molecule has 0 aliphatic carbocycles. The molecule has 3 nitrogen and oxygen atoms in total. The lowest BCUT2D eigenvalue weighted by molar-refractivity contribution is 0.138. The molecule has 0 amide bonds. The molecule has 1 saturated heterocycles. The number of rotatable bonds is 7. The summed E-state index contributed by atoms with van der Waals surface area (Å²) in [6, 6.07) is 5.39. The van der Waals surface area contributed by atoms with Crippen LogP contribution in [-0.4, -0.2) is 42.3 Å². The molecule has 0 saturated carbocycles. The van der Waals surface area contributed by atoms with E-state index in [2.05, 4.69) is 34.7 Å². The Bertz CT molecular complexity index is 323. The Morgan fingerprint density at radius 1 is 1.61 bits per heavy atom. The molecule has 0 aromatic carbocycles. The van der Waals surface area contributed by atoms with E-state index in [4.69, 9.17) is 0 Å². The van der Waals surface area contributed by atoms with Crippen LogP contribution >= 0.6 is 11.3 Å². The van der Waals surface area contributed by atoms with E-state index in [1.165, 1.54) is 17.7 Å². The summed E-state index contributed by atoms with van der Waals surface area (Å²) in [5, 5.41) is 15.0. The topological polar surface area (TPSA) is 35.5 Å². The molecule has 2 heterocycles. The van der Waals surface area contributed by atoms with E-state index < -0.39 is 0 Å². The number of nitrogens with zero attached hydrogens (tertiary/aromatic N) is 1. The summed E-state index contributed by atoms with van der Waals surface area (Å²) in [7, 11) is 0. The van der Waals surface area contributed by atoms with Crippen molar-refractivity contribution in [2.45, 2.75) is 38.3 Å². The molecule has 0 spiro atoms. The minimum atomic E-state index is 0.245. The van der Waals surface area contributed by atoms with Crippen molar-refractivity contribution >= 4 is 11.3 Å². The van der Waals surface area contributed by atoms with Gasteiger partial charge in [-0.05, 0) is 37.3 Å². The molecule has 2 rings (SSSR count). The second-order valence-corrected chi connectivity index (χ2v) is 5.93. The van der Waals surface area contributed by atoms with Crippen LogP contribution in [0, 0.1) is 0 Å². The molecule has 4 heteroatoms. The first kappa shape index (κ1) is 14.0. The predicted octanol–water partition coefficient (Wildman–Crippen LogP) is 2.25. The van der Waals surface area contributed by atoms with E-state index in [0.717, 1.165) is 26.1 Å². The van der Waals surface area contributed by atoms with Gasteiger partial charge >= 0.3 is 0 Å². The Morgan fingerprint density at radius 3 is 3.06 bits per heavy atom. The summed E-state index contributed by atoms with van der Waals surface area (Å²) in [6.07, 6.45) is 3.66. The van der Waals surface area contributed by atoms with Crippen LogP contribution in [0.25, 0.3) is 0 Å². The number of nitrogens with one attached hydrogen (secondary N) is 1. The molecule has 0 radical (unpaired) electrons. The smallest absolute Gasteiger partial charge is 0.0558 e. The monoisotopic (exact) mass is 268 g/mol. The van der Waals surface area contributed by atoms with Crippen molar-refractivity contribution in [3.63, 3.8) is 0 Å². The Hall–Kier alpha value is -0.420. The fourth-order valence-corrected chi connectivity index (χ4v) is 3.76. The maximum absolute atomic E-state index is 9.29. The minimum Gasteiger partial charge on any atom is -0.395 e. The minimum absolute atomic E-state index is 0.245. The zero-order chi connectivity index (χ0) is 12.8. The summed E-state index contributed by atoms with van der Waals surface area (Å²) in [5.74, 6) is 0. The summed E-state index contributed by atoms with van der Waals surface area (Å²) < 4.78 is 0. The summed E-state index contributed by atoms with van der Waals surface area (Å²) in [5.41, 5.74) is 0. The summed E-state index contributed by atoms with van der Waals surface area (Å²) in [4.78, 5) is 3.86. The first-order valence-electron chi connectivity index (χ1n) is 6.96.